The van der Waals surface area contributed by atoms with Crippen molar-refractivity contribution < 1.29 is 8.42 Å². The number of benzene rings is 1. The fraction of sp³-hybridized carbons (Fsp3) is 0.0588. The average Bonchev–Trinajstić information content (AvgIpc) is 2.44. The van der Waals surface area contributed by atoms with Crippen molar-refractivity contribution in [2.24, 2.45) is 0 Å². The van der Waals surface area contributed by atoms with Gasteiger partial charge in [-0.25, -0.2) is 8.42 Å². The van der Waals surface area contributed by atoms with Crippen molar-refractivity contribution in [1.82, 2.24) is 5.32 Å². The molecule has 0 heterocycles. The van der Waals surface area contributed by atoms with Crippen LogP contribution < -0.4 is 5.32 Å². The predicted molar refractivity (Wildman–Crippen MR) is 88.3 cm³/mol. The third-order valence-corrected chi connectivity index (χ3v) is 4.47. The van der Waals surface area contributed by atoms with Crippen LogP contribution in [-0.4, -0.2) is 8.42 Å². The molecule has 3 nitrogen and oxygen atoms in total. The molecular weight excluding hydrogens is 282 g/mol. The summed E-state index contributed by atoms with van der Waals surface area (Å²) < 4.78 is 25.1. The normalized spacial score (nSPS) is 11.6. The molecule has 0 bridgehead atoms. The Bertz CT molecular complexity index is 725. The Morgan fingerprint density at radius 1 is 1.14 bits per heavy atom. The summed E-state index contributed by atoms with van der Waals surface area (Å²) in [7, 11) is -3.62. The number of allylic oxidation sites excluding steroid dienone is 3. The molecule has 0 aliphatic heterocycles. The van der Waals surface area contributed by atoms with Gasteiger partial charge in [-0.05, 0) is 36.8 Å². The van der Waals surface area contributed by atoms with Gasteiger partial charge in [0, 0.05) is 11.4 Å². The summed E-state index contributed by atoms with van der Waals surface area (Å²) in [5.41, 5.74) is 1.80. The van der Waals surface area contributed by atoms with E-state index in [1.54, 1.807) is 18.2 Å². The largest absolute Gasteiger partial charge is 0.356 e. The lowest BCUT2D eigenvalue weighted by molar-refractivity contribution is 0.603. The van der Waals surface area contributed by atoms with Crippen LogP contribution in [-0.2, 0) is 9.84 Å². The minimum atomic E-state index is -3.62. The summed E-state index contributed by atoms with van der Waals surface area (Å²) in [6.45, 7) is 16.4. The Hall–Kier alpha value is -2.33. The molecule has 4 heteroatoms. The predicted octanol–water partition coefficient (Wildman–Crippen LogP) is 3.64. The summed E-state index contributed by atoms with van der Waals surface area (Å²) in [4.78, 5) is 0.298. The fourth-order valence-corrected chi connectivity index (χ4v) is 3.02. The van der Waals surface area contributed by atoms with Crippen LogP contribution in [0, 0.1) is 6.92 Å². The van der Waals surface area contributed by atoms with Gasteiger partial charge in [0.1, 0.15) is 0 Å². The smallest absolute Gasteiger partial charge is 0.206 e. The van der Waals surface area contributed by atoms with Crippen molar-refractivity contribution in [1.29, 1.82) is 0 Å². The van der Waals surface area contributed by atoms with Crippen molar-refractivity contribution in [2.75, 3.05) is 0 Å². The quantitative estimate of drug-likeness (QED) is 0.782. The standard InChI is InChI=1S/C17H19NO2S/c1-6-14(4)18-15(5)12-16(7-2)21(19,20)17-10-8-9-13(3)11-17/h6-12,18H,1-2,4-5H2,3H3/b16-12+. The van der Waals surface area contributed by atoms with E-state index < -0.39 is 9.84 Å². The van der Waals surface area contributed by atoms with Crippen LogP contribution in [0.4, 0.5) is 0 Å². The summed E-state index contributed by atoms with van der Waals surface area (Å²) in [6, 6.07) is 6.71. The highest BCUT2D eigenvalue weighted by Crippen LogP contribution is 2.21. The van der Waals surface area contributed by atoms with E-state index >= 15 is 0 Å². The molecule has 0 aliphatic rings. The maximum Gasteiger partial charge on any atom is 0.206 e. The summed E-state index contributed by atoms with van der Waals surface area (Å²) >= 11 is 0. The van der Waals surface area contributed by atoms with Gasteiger partial charge >= 0.3 is 0 Å². The van der Waals surface area contributed by atoms with Crippen molar-refractivity contribution >= 4 is 9.84 Å². The Morgan fingerprint density at radius 2 is 1.81 bits per heavy atom. The van der Waals surface area contributed by atoms with Gasteiger partial charge < -0.3 is 5.32 Å². The molecule has 0 radical (unpaired) electrons. The number of rotatable bonds is 7. The third kappa shape index (κ3) is 4.33. The van der Waals surface area contributed by atoms with Gasteiger partial charge in [-0.2, -0.15) is 0 Å². The first-order valence-electron chi connectivity index (χ1n) is 6.24. The Labute approximate surface area is 126 Å². The number of hydrogen-bond donors (Lipinski definition) is 1. The minimum Gasteiger partial charge on any atom is -0.356 e. The topological polar surface area (TPSA) is 46.2 Å². The van der Waals surface area contributed by atoms with Crippen LogP contribution in [0.2, 0.25) is 0 Å². The Balaban J connectivity index is 3.19. The SMILES string of the molecule is C=CC(=C)NC(=C)/C=C(\C=C)S(=O)(=O)c1cccc(C)c1. The van der Waals surface area contributed by atoms with E-state index in [-0.39, 0.29) is 9.80 Å². The van der Waals surface area contributed by atoms with Crippen LogP contribution in [0.5, 0.6) is 0 Å². The summed E-state index contributed by atoms with van der Waals surface area (Å²) in [5.74, 6) is 0. The third-order valence-electron chi connectivity index (χ3n) is 2.70. The molecule has 0 saturated heterocycles. The van der Waals surface area contributed by atoms with E-state index in [0.717, 1.165) is 5.56 Å². The molecule has 1 aromatic carbocycles. The highest BCUT2D eigenvalue weighted by atomic mass is 32.2. The van der Waals surface area contributed by atoms with E-state index in [2.05, 4.69) is 31.6 Å². The first-order valence-corrected chi connectivity index (χ1v) is 7.72. The molecule has 0 atom stereocenters. The zero-order valence-corrected chi connectivity index (χ0v) is 12.9. The fourth-order valence-electron chi connectivity index (χ4n) is 1.63. The van der Waals surface area contributed by atoms with Crippen LogP contribution in [0.15, 0.2) is 90.0 Å². The molecule has 0 saturated carbocycles. The number of sulfone groups is 1. The molecule has 0 aliphatic carbocycles. The molecule has 0 fully saturated rings. The first kappa shape index (κ1) is 16.7. The zero-order chi connectivity index (χ0) is 16.0. The molecule has 1 N–H and O–H groups in total. The van der Waals surface area contributed by atoms with Gasteiger partial charge in [0.2, 0.25) is 9.84 Å². The monoisotopic (exact) mass is 301 g/mol. The first-order chi connectivity index (χ1) is 9.81. The lowest BCUT2D eigenvalue weighted by atomic mass is 10.2. The molecule has 0 unspecified atom stereocenters. The van der Waals surface area contributed by atoms with Gasteiger partial charge in [0.25, 0.3) is 0 Å². The molecule has 21 heavy (non-hydrogen) atoms. The van der Waals surface area contributed by atoms with Gasteiger partial charge in [0.05, 0.1) is 9.80 Å². The van der Waals surface area contributed by atoms with Gasteiger partial charge in [-0.15, -0.1) is 0 Å². The van der Waals surface area contributed by atoms with Crippen LogP contribution in [0.3, 0.4) is 0 Å². The van der Waals surface area contributed by atoms with Crippen molar-refractivity contribution in [3.8, 4) is 0 Å². The number of nitrogens with one attached hydrogen (secondary N) is 1. The van der Waals surface area contributed by atoms with Crippen LogP contribution >= 0.6 is 0 Å². The van der Waals surface area contributed by atoms with E-state index in [1.165, 1.54) is 18.2 Å². The van der Waals surface area contributed by atoms with E-state index in [4.69, 9.17) is 0 Å². The average molecular weight is 301 g/mol. The Morgan fingerprint density at radius 3 is 2.33 bits per heavy atom. The second-order valence-corrected chi connectivity index (χ2v) is 6.40. The van der Waals surface area contributed by atoms with Crippen LogP contribution in [0.1, 0.15) is 5.56 Å². The van der Waals surface area contributed by atoms with E-state index in [9.17, 15) is 8.42 Å². The molecule has 110 valence electrons. The second-order valence-electron chi connectivity index (χ2n) is 4.45. The van der Waals surface area contributed by atoms with Crippen LogP contribution in [0.25, 0.3) is 0 Å². The summed E-state index contributed by atoms with van der Waals surface area (Å²) in [5, 5.41) is 2.83. The molecule has 1 aromatic rings. The van der Waals surface area contributed by atoms with Crippen molar-refractivity contribution in [3.05, 3.63) is 90.7 Å². The zero-order valence-electron chi connectivity index (χ0n) is 12.1. The van der Waals surface area contributed by atoms with Crippen molar-refractivity contribution in [2.45, 2.75) is 11.8 Å². The Kier molecular flexibility index (Phi) is 5.50. The maximum atomic E-state index is 12.6. The van der Waals surface area contributed by atoms with Gasteiger partial charge in [0.15, 0.2) is 0 Å². The minimum absolute atomic E-state index is 0.0717. The summed E-state index contributed by atoms with van der Waals surface area (Å²) in [6.07, 6.45) is 4.22. The molecule has 0 amide bonds. The van der Waals surface area contributed by atoms with Gasteiger partial charge in [-0.3, -0.25) is 0 Å². The second kappa shape index (κ2) is 6.90. The maximum absolute atomic E-state index is 12.6. The molecular formula is C17H19NO2S. The number of aryl methyl sites for hydroxylation is 1. The number of hydrogen-bond acceptors (Lipinski definition) is 3. The lowest BCUT2D eigenvalue weighted by Crippen LogP contribution is -2.10. The van der Waals surface area contributed by atoms with Gasteiger partial charge in [-0.1, -0.05) is 44.5 Å². The highest BCUT2D eigenvalue weighted by Gasteiger charge is 2.18. The molecule has 0 aromatic heterocycles. The van der Waals surface area contributed by atoms with E-state index in [0.29, 0.717) is 11.4 Å². The molecule has 0 spiro atoms. The lowest BCUT2D eigenvalue weighted by Gasteiger charge is -2.09. The molecule has 1 rings (SSSR count). The van der Waals surface area contributed by atoms with E-state index in [1.807, 2.05) is 13.0 Å². The highest BCUT2D eigenvalue weighted by molar-refractivity contribution is 7.95. The van der Waals surface area contributed by atoms with Crippen molar-refractivity contribution in [3.63, 3.8) is 0 Å².